The van der Waals surface area contributed by atoms with Gasteiger partial charge in [-0.2, -0.15) is 5.10 Å². The standard InChI is InChI=1S/C28H28N4O2/c1-21(30-28(34)24-15-9-4-10-16-24)17-26(33)29-18-25-20-32(19-22-11-5-2-6-12-22)31-27(25)23-13-7-3-8-14-23/h2-16,20-21H,17-19H2,1H3,(H,29,33)(H,30,34). The molecule has 1 aromatic heterocycles. The fraction of sp³-hybridized carbons (Fsp3) is 0.179. The number of nitrogens with one attached hydrogen (secondary N) is 2. The van der Waals surface area contributed by atoms with Crippen molar-refractivity contribution in [1.29, 1.82) is 0 Å². The molecule has 0 fully saturated rings. The lowest BCUT2D eigenvalue weighted by Gasteiger charge is -2.14. The van der Waals surface area contributed by atoms with Gasteiger partial charge in [0.05, 0.1) is 12.2 Å². The van der Waals surface area contributed by atoms with E-state index in [1.165, 1.54) is 0 Å². The fourth-order valence-electron chi connectivity index (χ4n) is 3.77. The molecule has 0 spiro atoms. The summed E-state index contributed by atoms with van der Waals surface area (Å²) in [5.41, 5.74) is 4.53. The van der Waals surface area contributed by atoms with Crippen molar-refractivity contribution >= 4 is 11.8 Å². The lowest BCUT2D eigenvalue weighted by atomic mass is 10.1. The van der Waals surface area contributed by atoms with Gasteiger partial charge < -0.3 is 10.6 Å². The third-order valence-electron chi connectivity index (χ3n) is 5.45. The van der Waals surface area contributed by atoms with E-state index in [1.54, 1.807) is 12.1 Å². The number of aromatic nitrogens is 2. The van der Waals surface area contributed by atoms with Crippen LogP contribution in [0, 0.1) is 0 Å². The number of benzene rings is 3. The Bertz CT molecular complexity index is 1220. The Morgan fingerprint density at radius 1 is 0.882 bits per heavy atom. The van der Waals surface area contributed by atoms with Crippen LogP contribution in [0.3, 0.4) is 0 Å². The van der Waals surface area contributed by atoms with Gasteiger partial charge in [-0.3, -0.25) is 14.3 Å². The maximum absolute atomic E-state index is 12.6. The van der Waals surface area contributed by atoms with Crippen molar-refractivity contribution in [1.82, 2.24) is 20.4 Å². The first-order chi connectivity index (χ1) is 16.6. The molecule has 1 heterocycles. The highest BCUT2D eigenvalue weighted by Gasteiger charge is 2.16. The minimum absolute atomic E-state index is 0.129. The number of rotatable bonds is 9. The van der Waals surface area contributed by atoms with E-state index in [4.69, 9.17) is 5.10 Å². The van der Waals surface area contributed by atoms with Crippen molar-refractivity contribution in [3.63, 3.8) is 0 Å². The molecule has 0 radical (unpaired) electrons. The number of hydrogen-bond acceptors (Lipinski definition) is 3. The van der Waals surface area contributed by atoms with Gasteiger partial charge in [0.25, 0.3) is 5.91 Å². The average Bonchev–Trinajstić information content (AvgIpc) is 3.27. The predicted molar refractivity (Wildman–Crippen MR) is 133 cm³/mol. The van der Waals surface area contributed by atoms with Gasteiger partial charge in [0.1, 0.15) is 0 Å². The van der Waals surface area contributed by atoms with Crippen molar-refractivity contribution in [2.75, 3.05) is 0 Å². The monoisotopic (exact) mass is 452 g/mol. The highest BCUT2D eigenvalue weighted by molar-refractivity contribution is 5.94. The Labute approximate surface area is 199 Å². The Hall–Kier alpha value is -4.19. The van der Waals surface area contributed by atoms with Gasteiger partial charge >= 0.3 is 0 Å². The van der Waals surface area contributed by atoms with E-state index in [-0.39, 0.29) is 24.3 Å². The first-order valence-corrected chi connectivity index (χ1v) is 11.4. The first kappa shape index (κ1) is 23.0. The van der Waals surface area contributed by atoms with Gasteiger partial charge in [0.15, 0.2) is 0 Å². The summed E-state index contributed by atoms with van der Waals surface area (Å²) in [5, 5.41) is 10.7. The maximum Gasteiger partial charge on any atom is 0.251 e. The Morgan fingerprint density at radius 3 is 2.18 bits per heavy atom. The van der Waals surface area contributed by atoms with Crippen LogP contribution in [0.5, 0.6) is 0 Å². The number of amides is 2. The molecule has 0 aliphatic heterocycles. The van der Waals surface area contributed by atoms with Crippen LogP contribution in [0.25, 0.3) is 11.3 Å². The van der Waals surface area contributed by atoms with Crippen LogP contribution in [0.4, 0.5) is 0 Å². The van der Waals surface area contributed by atoms with Crippen LogP contribution in [0.1, 0.15) is 34.8 Å². The number of carbonyl (C=O) groups is 2. The smallest absolute Gasteiger partial charge is 0.251 e. The van der Waals surface area contributed by atoms with Crippen LogP contribution in [-0.4, -0.2) is 27.6 Å². The van der Waals surface area contributed by atoms with E-state index >= 15 is 0 Å². The Kier molecular flexibility index (Phi) is 7.50. The molecule has 2 N–H and O–H groups in total. The van der Waals surface area contributed by atoms with Crippen LogP contribution in [-0.2, 0) is 17.9 Å². The molecular formula is C28H28N4O2. The number of nitrogens with zero attached hydrogens (tertiary/aromatic N) is 2. The summed E-state index contributed by atoms with van der Waals surface area (Å²) in [7, 11) is 0. The minimum Gasteiger partial charge on any atom is -0.352 e. The largest absolute Gasteiger partial charge is 0.352 e. The highest BCUT2D eigenvalue weighted by Crippen LogP contribution is 2.22. The molecule has 0 saturated carbocycles. The zero-order valence-corrected chi connectivity index (χ0v) is 19.1. The lowest BCUT2D eigenvalue weighted by molar-refractivity contribution is -0.121. The van der Waals surface area contributed by atoms with Crippen molar-refractivity contribution in [2.24, 2.45) is 0 Å². The Balaban J connectivity index is 1.40. The summed E-state index contributed by atoms with van der Waals surface area (Å²) < 4.78 is 1.90. The van der Waals surface area contributed by atoms with Gasteiger partial charge in [-0.25, -0.2) is 0 Å². The average molecular weight is 453 g/mol. The quantitative estimate of drug-likeness (QED) is 0.395. The fourth-order valence-corrected chi connectivity index (χ4v) is 3.77. The molecule has 3 aromatic carbocycles. The molecule has 0 bridgehead atoms. The molecule has 6 nitrogen and oxygen atoms in total. The molecule has 6 heteroatoms. The predicted octanol–water partition coefficient (Wildman–Crippen LogP) is 4.42. The second-order valence-corrected chi connectivity index (χ2v) is 8.27. The van der Waals surface area contributed by atoms with Crippen molar-refractivity contribution in [3.05, 3.63) is 114 Å². The maximum atomic E-state index is 12.6. The second-order valence-electron chi connectivity index (χ2n) is 8.27. The lowest BCUT2D eigenvalue weighted by Crippen LogP contribution is -2.37. The van der Waals surface area contributed by atoms with E-state index in [0.29, 0.717) is 18.7 Å². The molecule has 1 atom stereocenters. The van der Waals surface area contributed by atoms with E-state index in [0.717, 1.165) is 22.4 Å². The topological polar surface area (TPSA) is 76.0 Å². The molecule has 0 aliphatic carbocycles. The van der Waals surface area contributed by atoms with Gasteiger partial charge in [-0.05, 0) is 24.6 Å². The van der Waals surface area contributed by atoms with Gasteiger partial charge in [0.2, 0.25) is 5.91 Å². The third-order valence-corrected chi connectivity index (χ3v) is 5.45. The summed E-state index contributed by atoms with van der Waals surface area (Å²) in [6, 6.07) is 28.8. The molecular weight excluding hydrogens is 424 g/mol. The summed E-state index contributed by atoms with van der Waals surface area (Å²) in [4.78, 5) is 24.9. The van der Waals surface area contributed by atoms with E-state index in [2.05, 4.69) is 22.8 Å². The van der Waals surface area contributed by atoms with Crippen molar-refractivity contribution in [3.8, 4) is 11.3 Å². The normalized spacial score (nSPS) is 11.6. The molecule has 34 heavy (non-hydrogen) atoms. The van der Waals surface area contributed by atoms with E-state index in [9.17, 15) is 9.59 Å². The number of hydrogen-bond donors (Lipinski definition) is 2. The van der Waals surface area contributed by atoms with Crippen LogP contribution >= 0.6 is 0 Å². The summed E-state index contributed by atoms with van der Waals surface area (Å²) in [6.45, 7) is 2.84. The molecule has 1 unspecified atom stereocenters. The van der Waals surface area contributed by atoms with Crippen LogP contribution in [0.2, 0.25) is 0 Å². The van der Waals surface area contributed by atoms with Gasteiger partial charge in [-0.15, -0.1) is 0 Å². The van der Waals surface area contributed by atoms with Crippen LogP contribution in [0.15, 0.2) is 97.2 Å². The van der Waals surface area contributed by atoms with Crippen molar-refractivity contribution < 1.29 is 9.59 Å². The zero-order chi connectivity index (χ0) is 23.8. The minimum atomic E-state index is -0.290. The molecule has 2 amide bonds. The third kappa shape index (κ3) is 6.19. The first-order valence-electron chi connectivity index (χ1n) is 11.4. The van der Waals surface area contributed by atoms with Gasteiger partial charge in [0, 0.05) is 41.9 Å². The zero-order valence-electron chi connectivity index (χ0n) is 19.1. The van der Waals surface area contributed by atoms with E-state index in [1.807, 2.05) is 84.5 Å². The van der Waals surface area contributed by atoms with Gasteiger partial charge in [-0.1, -0.05) is 78.9 Å². The van der Waals surface area contributed by atoms with Crippen molar-refractivity contribution in [2.45, 2.75) is 32.5 Å². The molecule has 4 rings (SSSR count). The molecule has 172 valence electrons. The second kappa shape index (κ2) is 11.1. The summed E-state index contributed by atoms with van der Waals surface area (Å²) in [5.74, 6) is -0.315. The SMILES string of the molecule is CC(CC(=O)NCc1cn(Cc2ccccc2)nc1-c1ccccc1)NC(=O)c1ccccc1. The summed E-state index contributed by atoms with van der Waals surface area (Å²) >= 11 is 0. The summed E-state index contributed by atoms with van der Waals surface area (Å²) in [6.07, 6.45) is 2.17. The highest BCUT2D eigenvalue weighted by atomic mass is 16.2. The molecule has 0 saturated heterocycles. The number of carbonyl (C=O) groups excluding carboxylic acids is 2. The van der Waals surface area contributed by atoms with Crippen LogP contribution < -0.4 is 10.6 Å². The molecule has 0 aliphatic rings. The molecule has 4 aromatic rings. The Morgan fingerprint density at radius 2 is 1.50 bits per heavy atom. The van der Waals surface area contributed by atoms with E-state index < -0.39 is 0 Å².